The summed E-state index contributed by atoms with van der Waals surface area (Å²) in [6.07, 6.45) is 4.33. The van der Waals surface area contributed by atoms with Crippen molar-refractivity contribution in [1.29, 1.82) is 0 Å². The number of benzene rings is 2. The third-order valence-corrected chi connectivity index (χ3v) is 8.92. The molecule has 2 fully saturated rings. The molecule has 2 aliphatic rings. The standard InChI is InChI=1S/C25H30IN4O3/c1-2-3-11-30-19-12-18(13-23(30)26-33-16-19)27-25(31)24-21-14-20(9-10-22(21)28-29-24)32-15-17-7-5-4-6-8-17/h4-10,14,18-19,23H,2-3,11-13,15-16H2,1H3,(H,27,31)(H,28,29)/q-1. The number of aromatic amines is 1. The second-order valence-corrected chi connectivity index (χ2v) is 11.3. The van der Waals surface area contributed by atoms with Gasteiger partial charge in [0.05, 0.1) is 0 Å². The molecule has 2 aromatic carbocycles. The Morgan fingerprint density at radius 1 is 1.27 bits per heavy atom. The van der Waals surface area contributed by atoms with E-state index in [9.17, 15) is 4.79 Å². The number of fused-ring (bicyclic) bond motifs is 3. The number of piperidine rings is 1. The van der Waals surface area contributed by atoms with Crippen molar-refractivity contribution >= 4 is 16.8 Å². The van der Waals surface area contributed by atoms with Gasteiger partial charge in [-0.1, -0.05) is 30.3 Å². The Morgan fingerprint density at radius 3 is 2.97 bits per heavy atom. The number of halogens is 1. The first-order valence-electron chi connectivity index (χ1n) is 11.7. The van der Waals surface area contributed by atoms with Gasteiger partial charge in [0, 0.05) is 0 Å². The number of alkyl halides is 1. The zero-order valence-corrected chi connectivity index (χ0v) is 21.0. The molecule has 0 radical (unpaired) electrons. The first-order valence-corrected chi connectivity index (χ1v) is 13.8. The van der Waals surface area contributed by atoms with Gasteiger partial charge in [-0.05, 0) is 0 Å². The topological polar surface area (TPSA) is 79.5 Å². The van der Waals surface area contributed by atoms with Crippen LogP contribution in [0.25, 0.3) is 10.9 Å². The third-order valence-electron chi connectivity index (χ3n) is 6.39. The maximum absolute atomic E-state index is 13.2. The first-order chi connectivity index (χ1) is 16.2. The number of carbonyl (C=O) groups excluding carboxylic acids is 1. The Kier molecular flexibility index (Phi) is 7.13. The molecular weight excluding hydrogens is 531 g/mol. The van der Waals surface area contributed by atoms with Crippen LogP contribution in [-0.2, 0) is 9.67 Å². The van der Waals surface area contributed by atoms with Crippen LogP contribution in [0.1, 0.15) is 48.7 Å². The molecule has 0 aliphatic carbocycles. The van der Waals surface area contributed by atoms with E-state index in [-0.39, 0.29) is 33.6 Å². The summed E-state index contributed by atoms with van der Waals surface area (Å²) in [5.41, 5.74) is 2.36. The maximum atomic E-state index is 13.2. The number of unbranched alkanes of at least 4 members (excludes halogenated alkanes) is 1. The van der Waals surface area contributed by atoms with E-state index in [1.54, 1.807) is 0 Å². The molecule has 5 rings (SSSR count). The molecule has 0 spiro atoms. The number of carbonyl (C=O) groups is 1. The van der Waals surface area contributed by atoms with Crippen LogP contribution in [0.15, 0.2) is 48.5 Å². The van der Waals surface area contributed by atoms with Gasteiger partial charge in [-0.2, -0.15) is 0 Å². The van der Waals surface area contributed by atoms with E-state index >= 15 is 0 Å². The van der Waals surface area contributed by atoms with E-state index in [0.29, 0.717) is 22.4 Å². The molecular formula is C25H30IN4O3-. The average molecular weight is 561 g/mol. The van der Waals surface area contributed by atoms with Crippen LogP contribution in [0.4, 0.5) is 0 Å². The molecule has 8 heteroatoms. The van der Waals surface area contributed by atoms with E-state index < -0.39 is 0 Å². The Morgan fingerprint density at radius 2 is 2.15 bits per heavy atom. The summed E-state index contributed by atoms with van der Waals surface area (Å²) in [5.74, 6) is 0.605. The Bertz CT molecular complexity index is 1080. The van der Waals surface area contributed by atoms with E-state index in [2.05, 4.69) is 27.3 Å². The minimum absolute atomic E-state index is 0.120. The summed E-state index contributed by atoms with van der Waals surface area (Å²) in [5, 5.41) is 11.4. The summed E-state index contributed by atoms with van der Waals surface area (Å²) >= 11 is -0.305. The van der Waals surface area contributed by atoms with Crippen molar-refractivity contribution < 1.29 is 34.2 Å². The van der Waals surface area contributed by atoms with Crippen molar-refractivity contribution in [2.24, 2.45) is 0 Å². The monoisotopic (exact) mass is 561 g/mol. The van der Waals surface area contributed by atoms with Gasteiger partial charge < -0.3 is 0 Å². The molecule has 3 heterocycles. The van der Waals surface area contributed by atoms with Gasteiger partial charge in [-0.15, -0.1) is 0 Å². The molecule has 3 atom stereocenters. The quantitative estimate of drug-likeness (QED) is 0.243. The summed E-state index contributed by atoms with van der Waals surface area (Å²) in [7, 11) is 0. The first kappa shape index (κ1) is 22.6. The molecule has 176 valence electrons. The summed E-state index contributed by atoms with van der Waals surface area (Å²) in [6, 6.07) is 16.3. The molecule has 2 bridgehead atoms. The fourth-order valence-electron chi connectivity index (χ4n) is 4.62. The van der Waals surface area contributed by atoms with Crippen LogP contribution in [0.2, 0.25) is 0 Å². The molecule has 2 aliphatic heterocycles. The minimum atomic E-state index is -0.305. The van der Waals surface area contributed by atoms with Crippen molar-refractivity contribution in [2.45, 2.75) is 55.3 Å². The normalized spacial score (nSPS) is 23.1. The second-order valence-electron chi connectivity index (χ2n) is 8.74. The number of nitrogens with one attached hydrogen (secondary N) is 2. The van der Waals surface area contributed by atoms with Crippen LogP contribution in [0.3, 0.4) is 0 Å². The average Bonchev–Trinajstić information content (AvgIpc) is 3.25. The van der Waals surface area contributed by atoms with Crippen molar-refractivity contribution in [2.75, 3.05) is 13.2 Å². The Balaban J connectivity index is 1.26. The third kappa shape index (κ3) is 5.17. The predicted molar refractivity (Wildman–Crippen MR) is 122 cm³/mol. The number of ether oxygens (including phenoxy) is 1. The van der Waals surface area contributed by atoms with Crippen molar-refractivity contribution in [3.8, 4) is 5.75 Å². The van der Waals surface area contributed by atoms with Crippen LogP contribution in [0.5, 0.6) is 5.75 Å². The zero-order valence-electron chi connectivity index (χ0n) is 18.8. The second kappa shape index (κ2) is 10.4. The van der Waals surface area contributed by atoms with Gasteiger partial charge in [0.25, 0.3) is 0 Å². The van der Waals surface area contributed by atoms with Crippen LogP contribution in [0, 0.1) is 0 Å². The van der Waals surface area contributed by atoms with Gasteiger partial charge in [0.1, 0.15) is 0 Å². The number of H-pyrrole nitrogens is 1. The molecule has 3 unspecified atom stereocenters. The fraction of sp³-hybridized carbons (Fsp3) is 0.440. The number of nitrogens with zero attached hydrogens (tertiary/aromatic N) is 2. The number of hydrogen-bond acceptors (Lipinski definition) is 5. The molecule has 33 heavy (non-hydrogen) atoms. The van der Waals surface area contributed by atoms with Crippen molar-refractivity contribution in [3.05, 3.63) is 59.8 Å². The molecule has 2 saturated heterocycles. The molecule has 3 aromatic rings. The van der Waals surface area contributed by atoms with E-state index in [4.69, 9.17) is 7.80 Å². The van der Waals surface area contributed by atoms with E-state index in [1.165, 1.54) is 12.8 Å². The molecule has 2 N–H and O–H groups in total. The predicted octanol–water partition coefficient (Wildman–Crippen LogP) is 0.865. The number of rotatable bonds is 8. The van der Waals surface area contributed by atoms with Gasteiger partial charge in [0.2, 0.25) is 0 Å². The van der Waals surface area contributed by atoms with Gasteiger partial charge in [-0.3, -0.25) is 0 Å². The van der Waals surface area contributed by atoms with E-state index in [1.807, 2.05) is 48.5 Å². The van der Waals surface area contributed by atoms with Crippen LogP contribution in [-0.4, -0.2) is 50.3 Å². The number of amides is 1. The fourth-order valence-corrected chi connectivity index (χ4v) is 7.51. The summed E-state index contributed by atoms with van der Waals surface area (Å²) < 4.78 is 12.4. The summed E-state index contributed by atoms with van der Waals surface area (Å²) in [4.78, 5) is 15.8. The van der Waals surface area contributed by atoms with E-state index in [0.717, 1.165) is 48.2 Å². The molecule has 0 saturated carbocycles. The van der Waals surface area contributed by atoms with Crippen LogP contribution >= 0.6 is 0 Å². The van der Waals surface area contributed by atoms with Crippen LogP contribution < -0.4 is 31.7 Å². The Labute approximate surface area is 205 Å². The summed E-state index contributed by atoms with van der Waals surface area (Å²) in [6.45, 7) is 4.66. The van der Waals surface area contributed by atoms with Gasteiger partial charge >= 0.3 is 175 Å². The molecule has 1 amide bonds. The van der Waals surface area contributed by atoms with Gasteiger partial charge in [-0.25, -0.2) is 0 Å². The molecule has 7 nitrogen and oxygen atoms in total. The van der Waals surface area contributed by atoms with Crippen molar-refractivity contribution in [3.63, 3.8) is 0 Å². The molecule has 1 aromatic heterocycles. The van der Waals surface area contributed by atoms with Crippen molar-refractivity contribution in [1.82, 2.24) is 20.4 Å². The number of hydrogen-bond donors (Lipinski definition) is 2. The SMILES string of the molecule is CCCCN1C2CO[I-]C1CC(NC(=O)c1n[nH]c3ccc(OCc4ccccc4)cc13)C2. The Hall–Kier alpha value is -2.17. The zero-order chi connectivity index (χ0) is 22.6. The number of aromatic nitrogens is 2. The van der Waals surface area contributed by atoms with Gasteiger partial charge in [0.15, 0.2) is 0 Å².